The van der Waals surface area contributed by atoms with Crippen molar-refractivity contribution < 1.29 is 9.53 Å². The van der Waals surface area contributed by atoms with Crippen molar-refractivity contribution in [3.63, 3.8) is 0 Å². The summed E-state index contributed by atoms with van der Waals surface area (Å²) in [7, 11) is 1.63. The quantitative estimate of drug-likeness (QED) is 0.647. The van der Waals surface area contributed by atoms with Gasteiger partial charge in [-0.15, -0.1) is 0 Å². The van der Waals surface area contributed by atoms with E-state index in [1.807, 2.05) is 29.7 Å². The van der Waals surface area contributed by atoms with E-state index in [1.54, 1.807) is 19.5 Å². The Morgan fingerprint density at radius 2 is 2.17 bits per heavy atom. The third kappa shape index (κ3) is 1.26. The van der Waals surface area contributed by atoms with Gasteiger partial charge in [-0.1, -0.05) is 0 Å². The number of carbonyl (C=O) groups is 1. The van der Waals surface area contributed by atoms with E-state index < -0.39 is 0 Å². The Balaban J connectivity index is 2.60. The van der Waals surface area contributed by atoms with E-state index >= 15 is 0 Å². The van der Waals surface area contributed by atoms with E-state index in [0.717, 1.165) is 34.0 Å². The first-order valence-corrected chi connectivity index (χ1v) is 5.64. The number of carbonyl (C=O) groups excluding carboxylic acids is 1. The summed E-state index contributed by atoms with van der Waals surface area (Å²) in [6, 6.07) is 3.88. The highest BCUT2D eigenvalue weighted by molar-refractivity contribution is 6.07. The first kappa shape index (κ1) is 10.8. The smallest absolute Gasteiger partial charge is 0.152 e. The van der Waals surface area contributed by atoms with Crippen molar-refractivity contribution in [1.29, 1.82) is 0 Å². The van der Waals surface area contributed by atoms with Crippen molar-refractivity contribution in [2.45, 2.75) is 6.92 Å². The van der Waals surface area contributed by atoms with Gasteiger partial charge in [-0.2, -0.15) is 0 Å². The van der Waals surface area contributed by atoms with Crippen LogP contribution < -0.4 is 4.74 Å². The summed E-state index contributed by atoms with van der Waals surface area (Å²) in [5.74, 6) is 0.787. The number of benzene rings is 1. The standard InChI is InChI=1S/C14H12N2O2/c1-9-13(18-2)4-3-11-14(9)10(8-17)12-7-15-5-6-16(11)12/h3-8H,1-2H3. The molecule has 1 aromatic carbocycles. The first-order valence-electron chi connectivity index (χ1n) is 5.64. The Bertz CT molecular complexity index is 759. The number of fused-ring (bicyclic) bond motifs is 3. The molecule has 4 heteroatoms. The molecular weight excluding hydrogens is 228 g/mol. The maximum Gasteiger partial charge on any atom is 0.152 e. The van der Waals surface area contributed by atoms with Crippen LogP contribution in [0.25, 0.3) is 16.4 Å². The van der Waals surface area contributed by atoms with Crippen LogP contribution in [0.1, 0.15) is 15.9 Å². The Kier molecular flexibility index (Phi) is 2.30. The highest BCUT2D eigenvalue weighted by atomic mass is 16.5. The zero-order chi connectivity index (χ0) is 12.7. The molecule has 2 heterocycles. The molecule has 90 valence electrons. The molecule has 3 aromatic rings. The third-order valence-electron chi connectivity index (χ3n) is 3.29. The lowest BCUT2D eigenvalue weighted by atomic mass is 10.1. The topological polar surface area (TPSA) is 43.6 Å². The fraction of sp³-hybridized carbons (Fsp3) is 0.143. The van der Waals surface area contributed by atoms with Crippen LogP contribution in [0.4, 0.5) is 0 Å². The first-order chi connectivity index (χ1) is 8.77. The number of methoxy groups -OCH3 is 1. The van der Waals surface area contributed by atoms with Crippen LogP contribution in [-0.2, 0) is 0 Å². The van der Waals surface area contributed by atoms with Gasteiger partial charge in [0.15, 0.2) is 6.29 Å². The largest absolute Gasteiger partial charge is 0.496 e. The van der Waals surface area contributed by atoms with Crippen molar-refractivity contribution >= 4 is 22.7 Å². The summed E-state index contributed by atoms with van der Waals surface area (Å²) < 4.78 is 7.28. The minimum atomic E-state index is 0.662. The lowest BCUT2D eigenvalue weighted by molar-refractivity contribution is 0.112. The van der Waals surface area contributed by atoms with Crippen molar-refractivity contribution in [1.82, 2.24) is 9.38 Å². The molecule has 0 N–H and O–H groups in total. The number of hydrogen-bond acceptors (Lipinski definition) is 3. The molecule has 0 atom stereocenters. The second-order valence-electron chi connectivity index (χ2n) is 4.15. The van der Waals surface area contributed by atoms with Crippen molar-refractivity contribution in [3.05, 3.63) is 41.9 Å². The summed E-state index contributed by atoms with van der Waals surface area (Å²) in [5.41, 5.74) is 3.45. The fourth-order valence-corrected chi connectivity index (χ4v) is 2.46. The third-order valence-corrected chi connectivity index (χ3v) is 3.29. The lowest BCUT2D eigenvalue weighted by Crippen LogP contribution is -1.89. The van der Waals surface area contributed by atoms with Gasteiger partial charge in [0.2, 0.25) is 0 Å². The molecular formula is C14H12N2O2. The molecule has 0 aliphatic rings. The van der Waals surface area contributed by atoms with Gasteiger partial charge in [0.25, 0.3) is 0 Å². The van der Waals surface area contributed by atoms with E-state index in [2.05, 4.69) is 4.98 Å². The molecule has 0 unspecified atom stereocenters. The van der Waals surface area contributed by atoms with Gasteiger partial charge < -0.3 is 9.14 Å². The van der Waals surface area contributed by atoms with Crippen molar-refractivity contribution in [2.24, 2.45) is 0 Å². The summed E-state index contributed by atoms with van der Waals surface area (Å²) in [6.45, 7) is 1.96. The van der Waals surface area contributed by atoms with Crippen molar-refractivity contribution in [3.8, 4) is 5.75 Å². The van der Waals surface area contributed by atoms with E-state index in [-0.39, 0.29) is 0 Å². The summed E-state index contributed by atoms with van der Waals surface area (Å²) in [5, 5.41) is 0.928. The summed E-state index contributed by atoms with van der Waals surface area (Å²) >= 11 is 0. The molecule has 0 radical (unpaired) electrons. The molecule has 2 aromatic heterocycles. The van der Waals surface area contributed by atoms with Gasteiger partial charge in [0, 0.05) is 28.9 Å². The zero-order valence-corrected chi connectivity index (χ0v) is 10.2. The number of rotatable bonds is 2. The highest BCUT2D eigenvalue weighted by Crippen LogP contribution is 2.32. The number of hydrogen-bond donors (Lipinski definition) is 0. The number of aromatic nitrogens is 2. The van der Waals surface area contributed by atoms with E-state index in [4.69, 9.17) is 4.74 Å². The van der Waals surface area contributed by atoms with Crippen LogP contribution in [0.3, 0.4) is 0 Å². The second-order valence-corrected chi connectivity index (χ2v) is 4.15. The van der Waals surface area contributed by atoms with E-state index in [9.17, 15) is 4.79 Å². The Morgan fingerprint density at radius 1 is 1.33 bits per heavy atom. The molecule has 0 aliphatic heterocycles. The molecule has 0 amide bonds. The van der Waals surface area contributed by atoms with Gasteiger partial charge in [-0.25, -0.2) is 0 Å². The van der Waals surface area contributed by atoms with Crippen molar-refractivity contribution in [2.75, 3.05) is 7.11 Å². The average Bonchev–Trinajstić information content (AvgIpc) is 2.74. The molecule has 3 rings (SSSR count). The van der Waals surface area contributed by atoms with Crippen LogP contribution >= 0.6 is 0 Å². The van der Waals surface area contributed by atoms with Crippen LogP contribution in [0, 0.1) is 6.92 Å². The van der Waals surface area contributed by atoms with Crippen LogP contribution in [0.2, 0.25) is 0 Å². The molecule has 0 saturated carbocycles. The van der Waals surface area contributed by atoms with Crippen LogP contribution in [0.15, 0.2) is 30.7 Å². The summed E-state index contributed by atoms with van der Waals surface area (Å²) in [4.78, 5) is 15.4. The highest BCUT2D eigenvalue weighted by Gasteiger charge is 2.15. The average molecular weight is 240 g/mol. The zero-order valence-electron chi connectivity index (χ0n) is 10.2. The van der Waals surface area contributed by atoms with Gasteiger partial charge >= 0.3 is 0 Å². The monoisotopic (exact) mass is 240 g/mol. The summed E-state index contributed by atoms with van der Waals surface area (Å²) in [6.07, 6.45) is 6.15. The number of ether oxygens (including phenoxy) is 1. The lowest BCUT2D eigenvalue weighted by Gasteiger charge is -2.05. The normalized spacial score (nSPS) is 11.0. The Hall–Kier alpha value is -2.36. The Morgan fingerprint density at radius 3 is 2.89 bits per heavy atom. The maximum atomic E-state index is 11.4. The second kappa shape index (κ2) is 3.84. The molecule has 0 aliphatic carbocycles. The number of aryl methyl sites for hydroxylation is 1. The Labute approximate surface area is 104 Å². The predicted molar refractivity (Wildman–Crippen MR) is 69.4 cm³/mol. The number of nitrogens with zero attached hydrogens (tertiary/aromatic N) is 2. The van der Waals surface area contributed by atoms with Gasteiger partial charge in [0.1, 0.15) is 5.75 Å². The molecule has 4 nitrogen and oxygen atoms in total. The van der Waals surface area contributed by atoms with Gasteiger partial charge in [-0.05, 0) is 19.1 Å². The van der Waals surface area contributed by atoms with Gasteiger partial charge in [0.05, 0.1) is 24.3 Å². The van der Waals surface area contributed by atoms with Gasteiger partial charge in [-0.3, -0.25) is 9.78 Å². The molecule has 0 spiro atoms. The van der Waals surface area contributed by atoms with Crippen LogP contribution in [0.5, 0.6) is 5.75 Å². The SMILES string of the molecule is COc1ccc2c(c1C)c(C=O)c1cnccn12. The number of aldehydes is 1. The minimum absolute atomic E-state index is 0.662. The minimum Gasteiger partial charge on any atom is -0.496 e. The fourth-order valence-electron chi connectivity index (χ4n) is 2.46. The maximum absolute atomic E-state index is 11.4. The van der Waals surface area contributed by atoms with Crippen LogP contribution in [-0.4, -0.2) is 22.8 Å². The predicted octanol–water partition coefficient (Wildman–Crippen LogP) is 2.62. The molecule has 0 saturated heterocycles. The molecule has 0 fully saturated rings. The van der Waals surface area contributed by atoms with E-state index in [1.165, 1.54) is 0 Å². The molecule has 18 heavy (non-hydrogen) atoms. The molecule has 0 bridgehead atoms. The van der Waals surface area contributed by atoms with E-state index in [0.29, 0.717) is 5.56 Å².